The molecule has 4 nitrogen and oxygen atoms in total. The summed E-state index contributed by atoms with van der Waals surface area (Å²) in [6.07, 6.45) is 8.75. The molecular weight excluding hydrogens is 361 g/mol. The summed E-state index contributed by atoms with van der Waals surface area (Å²) in [6.45, 7) is 0. The molecule has 2 aromatic carbocycles. The van der Waals surface area contributed by atoms with E-state index in [0.717, 1.165) is 11.1 Å². The van der Waals surface area contributed by atoms with Crippen LogP contribution in [0.1, 0.15) is 23.0 Å². The Morgan fingerprint density at radius 2 is 1.89 bits per heavy atom. The summed E-state index contributed by atoms with van der Waals surface area (Å²) in [5, 5.41) is 2.95. The van der Waals surface area contributed by atoms with E-state index in [-0.39, 0.29) is 11.7 Å². The predicted molar refractivity (Wildman–Crippen MR) is 107 cm³/mol. The first-order valence-electron chi connectivity index (χ1n) is 8.42. The van der Waals surface area contributed by atoms with Gasteiger partial charge in [-0.15, -0.1) is 11.8 Å². The lowest BCUT2D eigenvalue weighted by Crippen LogP contribution is -2.29. The van der Waals surface area contributed by atoms with Crippen LogP contribution in [0, 0.1) is 5.82 Å². The topological polar surface area (TPSA) is 46.9 Å². The second kappa shape index (κ2) is 8.68. The number of aromatic nitrogens is 2. The van der Waals surface area contributed by atoms with Gasteiger partial charge in [-0.25, -0.2) is 9.37 Å². The van der Waals surface area contributed by atoms with Crippen molar-refractivity contribution in [2.75, 3.05) is 6.26 Å². The smallest absolute Gasteiger partial charge is 0.244 e. The van der Waals surface area contributed by atoms with Gasteiger partial charge in [-0.1, -0.05) is 24.3 Å². The van der Waals surface area contributed by atoms with Crippen molar-refractivity contribution in [2.45, 2.75) is 10.9 Å². The van der Waals surface area contributed by atoms with Gasteiger partial charge in [-0.2, -0.15) is 0 Å². The number of nitrogens with zero attached hydrogens (tertiary/aromatic N) is 2. The zero-order chi connectivity index (χ0) is 19.2. The maximum atomic E-state index is 13.3. The molecule has 0 aliphatic carbocycles. The Morgan fingerprint density at radius 1 is 1.19 bits per heavy atom. The molecule has 1 atom stereocenters. The molecule has 0 aliphatic rings. The Balaban J connectivity index is 1.79. The minimum Gasteiger partial charge on any atom is -0.339 e. The molecule has 138 valence electrons. The third-order valence-corrected chi connectivity index (χ3v) is 4.89. The number of benzene rings is 2. The normalized spacial score (nSPS) is 12.3. The first-order valence-corrected chi connectivity index (χ1v) is 9.64. The molecular formula is C21H20FN3OS. The number of nitrogens with one attached hydrogen (secondary N) is 1. The lowest BCUT2D eigenvalue weighted by atomic mass is 10.1. The minimum atomic E-state index is -0.471. The Morgan fingerprint density at radius 3 is 2.48 bits per heavy atom. The Kier molecular flexibility index (Phi) is 6.08. The molecule has 0 radical (unpaired) electrons. The van der Waals surface area contributed by atoms with Gasteiger partial charge in [0.15, 0.2) is 0 Å². The van der Waals surface area contributed by atoms with Gasteiger partial charge >= 0.3 is 0 Å². The molecule has 0 spiro atoms. The van der Waals surface area contributed by atoms with E-state index in [4.69, 9.17) is 0 Å². The summed E-state index contributed by atoms with van der Waals surface area (Å²) in [6, 6.07) is 13.5. The summed E-state index contributed by atoms with van der Waals surface area (Å²) in [7, 11) is 1.86. The van der Waals surface area contributed by atoms with E-state index < -0.39 is 6.04 Å². The van der Waals surface area contributed by atoms with Crippen molar-refractivity contribution >= 4 is 23.7 Å². The zero-order valence-electron chi connectivity index (χ0n) is 15.1. The highest BCUT2D eigenvalue weighted by Crippen LogP contribution is 2.21. The molecule has 6 heteroatoms. The molecule has 0 fully saturated rings. The van der Waals surface area contributed by atoms with Crippen LogP contribution < -0.4 is 5.32 Å². The van der Waals surface area contributed by atoms with E-state index in [1.165, 1.54) is 23.1 Å². The van der Waals surface area contributed by atoms with Crippen LogP contribution in [0.5, 0.6) is 0 Å². The molecule has 1 heterocycles. The fraction of sp³-hybridized carbons (Fsp3) is 0.143. The number of aryl methyl sites for hydroxylation is 1. The molecule has 0 aliphatic heterocycles. The van der Waals surface area contributed by atoms with Gasteiger partial charge in [0.05, 0.1) is 0 Å². The van der Waals surface area contributed by atoms with Crippen LogP contribution in [0.15, 0.2) is 71.9 Å². The first kappa shape index (κ1) is 18.9. The van der Waals surface area contributed by atoms with Crippen LogP contribution in [0.3, 0.4) is 0 Å². The number of thioether (sulfide) groups is 1. The number of hydrogen-bond acceptors (Lipinski definition) is 3. The van der Waals surface area contributed by atoms with Crippen LogP contribution in [0.2, 0.25) is 0 Å². The van der Waals surface area contributed by atoms with E-state index in [9.17, 15) is 9.18 Å². The van der Waals surface area contributed by atoms with Crippen molar-refractivity contribution in [2.24, 2.45) is 7.05 Å². The highest BCUT2D eigenvalue weighted by Gasteiger charge is 2.19. The van der Waals surface area contributed by atoms with Crippen molar-refractivity contribution in [3.05, 3.63) is 89.8 Å². The van der Waals surface area contributed by atoms with Gasteiger partial charge in [0.25, 0.3) is 0 Å². The maximum absolute atomic E-state index is 13.3. The van der Waals surface area contributed by atoms with E-state index in [0.29, 0.717) is 5.82 Å². The third-order valence-electron chi connectivity index (χ3n) is 4.15. The molecule has 1 N–H and O–H groups in total. The monoisotopic (exact) mass is 381 g/mol. The number of rotatable bonds is 6. The van der Waals surface area contributed by atoms with Crippen LogP contribution in [0.4, 0.5) is 4.39 Å². The van der Waals surface area contributed by atoms with Gasteiger partial charge in [0.1, 0.15) is 17.7 Å². The first-order chi connectivity index (χ1) is 13.1. The molecule has 1 aromatic heterocycles. The number of hydrogen-bond donors (Lipinski definition) is 1. The Hall–Kier alpha value is -2.86. The summed E-state index contributed by atoms with van der Waals surface area (Å²) in [5.41, 5.74) is 1.70. The number of imidazole rings is 1. The van der Waals surface area contributed by atoms with E-state index >= 15 is 0 Å². The zero-order valence-corrected chi connectivity index (χ0v) is 15.9. The second-order valence-electron chi connectivity index (χ2n) is 6.00. The molecule has 3 rings (SSSR count). The fourth-order valence-electron chi connectivity index (χ4n) is 2.68. The molecule has 1 amide bonds. The average Bonchev–Trinajstić information content (AvgIpc) is 3.11. The van der Waals surface area contributed by atoms with Crippen molar-refractivity contribution in [3.63, 3.8) is 0 Å². The van der Waals surface area contributed by atoms with Crippen molar-refractivity contribution < 1.29 is 9.18 Å². The van der Waals surface area contributed by atoms with E-state index in [2.05, 4.69) is 10.3 Å². The second-order valence-corrected chi connectivity index (χ2v) is 6.88. The molecule has 0 saturated heterocycles. The molecule has 0 saturated carbocycles. The fourth-order valence-corrected chi connectivity index (χ4v) is 3.09. The number of halogens is 1. The highest BCUT2D eigenvalue weighted by atomic mass is 32.2. The van der Waals surface area contributed by atoms with Gasteiger partial charge < -0.3 is 9.88 Å². The number of carbonyl (C=O) groups excluding carboxylic acids is 1. The average molecular weight is 381 g/mol. The van der Waals surface area contributed by atoms with Crippen LogP contribution >= 0.6 is 11.8 Å². The summed E-state index contributed by atoms with van der Waals surface area (Å²) in [5.74, 6) is 0.103. The quantitative estimate of drug-likeness (QED) is 0.514. The lowest BCUT2D eigenvalue weighted by Gasteiger charge is -2.18. The summed E-state index contributed by atoms with van der Waals surface area (Å²) in [4.78, 5) is 18.0. The highest BCUT2D eigenvalue weighted by molar-refractivity contribution is 7.98. The van der Waals surface area contributed by atoms with E-state index in [1.807, 2.05) is 42.1 Å². The van der Waals surface area contributed by atoms with Crippen molar-refractivity contribution in [3.8, 4) is 0 Å². The molecule has 3 aromatic rings. The molecule has 1 unspecified atom stereocenters. The van der Waals surface area contributed by atoms with Crippen LogP contribution in [-0.4, -0.2) is 21.7 Å². The molecule has 0 bridgehead atoms. The van der Waals surface area contributed by atoms with E-state index in [1.54, 1.807) is 42.4 Å². The number of amides is 1. The SMILES string of the molecule is CSc1ccc(/C=C/C(=O)NC(c2ccc(F)cc2)c2nccn2C)cc1. The molecule has 27 heavy (non-hydrogen) atoms. The Bertz CT molecular complexity index is 933. The predicted octanol–water partition coefficient (Wildman–Crippen LogP) is 4.20. The standard InChI is InChI=1S/C21H20FN3OS/c1-25-14-13-23-21(25)20(16-6-8-17(22)9-7-16)24-19(26)12-5-15-3-10-18(27-2)11-4-15/h3-14,20H,1-2H3,(H,24,26)/b12-5+. The lowest BCUT2D eigenvalue weighted by molar-refractivity contribution is -0.117. The maximum Gasteiger partial charge on any atom is 0.244 e. The summed E-state index contributed by atoms with van der Waals surface area (Å²) < 4.78 is 15.1. The van der Waals surface area contributed by atoms with Gasteiger partial charge in [0, 0.05) is 30.4 Å². The minimum absolute atomic E-state index is 0.249. The van der Waals surface area contributed by atoms with Crippen LogP contribution in [0.25, 0.3) is 6.08 Å². The van der Waals surface area contributed by atoms with Gasteiger partial charge in [-0.05, 0) is 47.7 Å². The largest absolute Gasteiger partial charge is 0.339 e. The van der Waals surface area contributed by atoms with Gasteiger partial charge in [0.2, 0.25) is 5.91 Å². The van der Waals surface area contributed by atoms with Crippen molar-refractivity contribution in [1.29, 1.82) is 0 Å². The van der Waals surface area contributed by atoms with Crippen molar-refractivity contribution in [1.82, 2.24) is 14.9 Å². The third kappa shape index (κ3) is 4.86. The summed E-state index contributed by atoms with van der Waals surface area (Å²) >= 11 is 1.67. The van der Waals surface area contributed by atoms with Gasteiger partial charge in [-0.3, -0.25) is 4.79 Å². The van der Waals surface area contributed by atoms with Crippen LogP contribution in [-0.2, 0) is 11.8 Å². The Labute approximate surface area is 162 Å². The number of carbonyl (C=O) groups is 1.